The summed E-state index contributed by atoms with van der Waals surface area (Å²) in [6.45, 7) is 3.54. The Labute approximate surface area is 125 Å². The molecule has 0 aliphatic carbocycles. The number of sulfonamides is 1. The summed E-state index contributed by atoms with van der Waals surface area (Å²) >= 11 is 0. The molecule has 1 aliphatic heterocycles. The molecule has 118 valence electrons. The number of hydrogen-bond acceptors (Lipinski definition) is 4. The fourth-order valence-electron chi connectivity index (χ4n) is 2.48. The highest BCUT2D eigenvalue weighted by Crippen LogP contribution is 2.16. The Bertz CT molecular complexity index is 572. The normalized spacial score (nSPS) is 16.5. The van der Waals surface area contributed by atoms with Crippen LogP contribution in [0.2, 0.25) is 0 Å². The lowest BCUT2D eigenvalue weighted by Gasteiger charge is -2.14. The first kappa shape index (κ1) is 16.4. The van der Waals surface area contributed by atoms with Gasteiger partial charge in [-0.05, 0) is 56.6 Å². The molecule has 3 N–H and O–H groups in total. The van der Waals surface area contributed by atoms with Gasteiger partial charge in [0.1, 0.15) is 10.7 Å². The molecule has 0 bridgehead atoms. The van der Waals surface area contributed by atoms with E-state index < -0.39 is 15.8 Å². The highest BCUT2D eigenvalue weighted by atomic mass is 32.2. The van der Waals surface area contributed by atoms with Gasteiger partial charge in [0, 0.05) is 13.1 Å². The van der Waals surface area contributed by atoms with Crippen LogP contribution in [-0.4, -0.2) is 39.5 Å². The molecule has 0 aromatic heterocycles. The first-order valence-corrected chi connectivity index (χ1v) is 8.72. The number of rotatable bonds is 7. The van der Waals surface area contributed by atoms with Crippen LogP contribution in [-0.2, 0) is 16.6 Å². The maximum Gasteiger partial charge on any atom is 0.243 e. The zero-order valence-electron chi connectivity index (χ0n) is 12.0. The Morgan fingerprint density at radius 1 is 1.29 bits per heavy atom. The fourth-order valence-corrected chi connectivity index (χ4v) is 3.61. The summed E-state index contributed by atoms with van der Waals surface area (Å²) in [5, 5.41) is 0. The van der Waals surface area contributed by atoms with Crippen molar-refractivity contribution < 1.29 is 12.8 Å². The van der Waals surface area contributed by atoms with Gasteiger partial charge in [0.15, 0.2) is 0 Å². The van der Waals surface area contributed by atoms with Crippen molar-refractivity contribution >= 4 is 10.0 Å². The fraction of sp³-hybridized carbons (Fsp3) is 0.571. The Balaban J connectivity index is 1.88. The van der Waals surface area contributed by atoms with E-state index >= 15 is 0 Å². The molecule has 0 saturated carbocycles. The van der Waals surface area contributed by atoms with Crippen LogP contribution in [0.4, 0.5) is 4.39 Å². The summed E-state index contributed by atoms with van der Waals surface area (Å²) < 4.78 is 40.4. The second-order valence-electron chi connectivity index (χ2n) is 5.27. The minimum absolute atomic E-state index is 0.181. The quantitative estimate of drug-likeness (QED) is 0.738. The highest BCUT2D eigenvalue weighted by Gasteiger charge is 2.19. The van der Waals surface area contributed by atoms with Crippen molar-refractivity contribution in [2.75, 3.05) is 26.2 Å². The first-order chi connectivity index (χ1) is 10.0. The Morgan fingerprint density at radius 2 is 2.00 bits per heavy atom. The van der Waals surface area contributed by atoms with Crippen LogP contribution in [0.1, 0.15) is 24.8 Å². The summed E-state index contributed by atoms with van der Waals surface area (Å²) in [5.41, 5.74) is 5.97. The number of halogens is 1. The molecule has 0 radical (unpaired) electrons. The second-order valence-corrected chi connectivity index (χ2v) is 7.00. The summed E-state index contributed by atoms with van der Waals surface area (Å²) in [4.78, 5) is 1.99. The SMILES string of the molecule is NCc1ccc(S(=O)(=O)NCCCN2CCCC2)c(F)c1. The van der Waals surface area contributed by atoms with Crippen molar-refractivity contribution in [2.45, 2.75) is 30.7 Å². The Morgan fingerprint density at radius 3 is 2.62 bits per heavy atom. The minimum atomic E-state index is -3.80. The Hall–Kier alpha value is -1.02. The van der Waals surface area contributed by atoms with Crippen LogP contribution in [0.5, 0.6) is 0 Å². The third kappa shape index (κ3) is 4.47. The van der Waals surface area contributed by atoms with E-state index in [1.165, 1.54) is 31.0 Å². The molecule has 2 rings (SSSR count). The summed E-state index contributed by atoms with van der Waals surface area (Å²) in [6, 6.07) is 3.96. The number of likely N-dealkylation sites (tertiary alicyclic amines) is 1. The zero-order valence-corrected chi connectivity index (χ0v) is 12.8. The standard InChI is InChI=1S/C14H22FN3O2S/c15-13-10-12(11-16)4-5-14(13)21(19,20)17-6-3-9-18-7-1-2-8-18/h4-5,10,17H,1-3,6-9,11,16H2. The number of nitrogens with zero attached hydrogens (tertiary/aromatic N) is 1. The van der Waals surface area contributed by atoms with Gasteiger partial charge in [-0.15, -0.1) is 0 Å². The summed E-state index contributed by atoms with van der Waals surface area (Å²) in [6.07, 6.45) is 3.15. The molecule has 0 unspecified atom stereocenters. The van der Waals surface area contributed by atoms with Gasteiger partial charge in [0.05, 0.1) is 0 Å². The lowest BCUT2D eigenvalue weighted by Crippen LogP contribution is -2.29. The van der Waals surface area contributed by atoms with E-state index in [0.717, 1.165) is 26.1 Å². The van der Waals surface area contributed by atoms with Crippen molar-refractivity contribution in [3.05, 3.63) is 29.6 Å². The van der Waals surface area contributed by atoms with Crippen LogP contribution in [0.3, 0.4) is 0 Å². The van der Waals surface area contributed by atoms with Crippen molar-refractivity contribution in [2.24, 2.45) is 5.73 Å². The molecule has 0 atom stereocenters. The monoisotopic (exact) mass is 315 g/mol. The van der Waals surface area contributed by atoms with E-state index in [-0.39, 0.29) is 11.4 Å². The van der Waals surface area contributed by atoms with Crippen molar-refractivity contribution in [3.63, 3.8) is 0 Å². The topological polar surface area (TPSA) is 75.4 Å². The Kier molecular flexibility index (Phi) is 5.69. The third-order valence-corrected chi connectivity index (χ3v) is 5.16. The van der Waals surface area contributed by atoms with Crippen LogP contribution >= 0.6 is 0 Å². The van der Waals surface area contributed by atoms with Crippen LogP contribution in [0, 0.1) is 5.82 Å². The predicted molar refractivity (Wildman–Crippen MR) is 79.8 cm³/mol. The maximum absolute atomic E-state index is 13.8. The van der Waals surface area contributed by atoms with E-state index in [0.29, 0.717) is 12.1 Å². The summed E-state index contributed by atoms with van der Waals surface area (Å²) in [5.74, 6) is -0.759. The van der Waals surface area contributed by atoms with E-state index in [4.69, 9.17) is 5.73 Å². The lowest BCUT2D eigenvalue weighted by molar-refractivity contribution is 0.334. The van der Waals surface area contributed by atoms with Gasteiger partial charge >= 0.3 is 0 Å². The van der Waals surface area contributed by atoms with Gasteiger partial charge in [-0.25, -0.2) is 17.5 Å². The lowest BCUT2D eigenvalue weighted by atomic mass is 10.2. The molecule has 0 spiro atoms. The van der Waals surface area contributed by atoms with Crippen LogP contribution < -0.4 is 10.5 Å². The molecular formula is C14H22FN3O2S. The van der Waals surface area contributed by atoms with E-state index in [2.05, 4.69) is 9.62 Å². The van der Waals surface area contributed by atoms with E-state index in [9.17, 15) is 12.8 Å². The van der Waals surface area contributed by atoms with Gasteiger partial charge in [-0.2, -0.15) is 0 Å². The van der Waals surface area contributed by atoms with E-state index in [1.807, 2.05) is 0 Å². The van der Waals surface area contributed by atoms with Gasteiger partial charge in [-0.1, -0.05) is 6.07 Å². The highest BCUT2D eigenvalue weighted by molar-refractivity contribution is 7.89. The first-order valence-electron chi connectivity index (χ1n) is 7.23. The summed E-state index contributed by atoms with van der Waals surface area (Å²) in [7, 11) is -3.80. The average Bonchev–Trinajstić information content (AvgIpc) is 2.96. The van der Waals surface area contributed by atoms with Crippen molar-refractivity contribution in [1.29, 1.82) is 0 Å². The van der Waals surface area contributed by atoms with Gasteiger partial charge < -0.3 is 10.6 Å². The van der Waals surface area contributed by atoms with Gasteiger partial charge in [0.25, 0.3) is 0 Å². The van der Waals surface area contributed by atoms with Crippen LogP contribution in [0.15, 0.2) is 23.1 Å². The molecule has 0 amide bonds. The molecule has 1 heterocycles. The molecule has 21 heavy (non-hydrogen) atoms. The van der Waals surface area contributed by atoms with Crippen molar-refractivity contribution in [3.8, 4) is 0 Å². The number of hydrogen-bond donors (Lipinski definition) is 2. The molecule has 5 nitrogen and oxygen atoms in total. The van der Waals surface area contributed by atoms with Crippen molar-refractivity contribution in [1.82, 2.24) is 9.62 Å². The number of nitrogens with two attached hydrogens (primary N) is 1. The smallest absolute Gasteiger partial charge is 0.243 e. The predicted octanol–water partition coefficient (Wildman–Crippen LogP) is 1.05. The minimum Gasteiger partial charge on any atom is -0.326 e. The largest absolute Gasteiger partial charge is 0.326 e. The zero-order chi connectivity index (χ0) is 15.3. The molecule has 1 fully saturated rings. The van der Waals surface area contributed by atoms with Gasteiger partial charge in [-0.3, -0.25) is 0 Å². The van der Waals surface area contributed by atoms with Crippen LogP contribution in [0.25, 0.3) is 0 Å². The molecule has 1 aliphatic rings. The molecular weight excluding hydrogens is 293 g/mol. The maximum atomic E-state index is 13.8. The molecule has 1 saturated heterocycles. The van der Waals surface area contributed by atoms with Gasteiger partial charge in [0.2, 0.25) is 10.0 Å². The molecule has 1 aromatic rings. The molecule has 1 aromatic carbocycles. The second kappa shape index (κ2) is 7.31. The van der Waals surface area contributed by atoms with E-state index in [1.54, 1.807) is 0 Å². The average molecular weight is 315 g/mol. The molecule has 7 heteroatoms. The number of nitrogens with one attached hydrogen (secondary N) is 1. The third-order valence-electron chi connectivity index (χ3n) is 3.66. The number of benzene rings is 1.